The Kier molecular flexibility index (Phi) is 18.3. The van der Waals surface area contributed by atoms with Gasteiger partial charge in [-0.1, -0.05) is 23.2 Å². The predicted octanol–water partition coefficient (Wildman–Crippen LogP) is 0.317. The van der Waals surface area contributed by atoms with Crippen LogP contribution in [0.5, 0.6) is 0 Å². The molecule has 0 bridgehead atoms. The third kappa shape index (κ3) is 35.2. The van der Waals surface area contributed by atoms with Crippen LogP contribution in [0.3, 0.4) is 0 Å². The molecule has 11 heavy (non-hydrogen) atoms. The van der Waals surface area contributed by atoms with E-state index in [0.29, 0.717) is 0 Å². The number of hydrogen-bond acceptors (Lipinski definition) is 2. The van der Waals surface area contributed by atoms with Crippen molar-refractivity contribution in [2.45, 2.75) is 11.8 Å². The van der Waals surface area contributed by atoms with Gasteiger partial charge in [0, 0.05) is 6.92 Å². The summed E-state index contributed by atoms with van der Waals surface area (Å²) in [6, 6.07) is 0. The van der Waals surface area contributed by atoms with Crippen LogP contribution in [0.4, 0.5) is 0 Å². The van der Waals surface area contributed by atoms with E-state index in [1.54, 1.807) is 0 Å². The third-order valence-corrected chi connectivity index (χ3v) is 0.560. The van der Waals surface area contributed by atoms with Crippen molar-refractivity contribution in [1.82, 2.24) is 0 Å². The fourth-order valence-corrected chi connectivity index (χ4v) is 0. The van der Waals surface area contributed by atoms with E-state index in [9.17, 15) is 4.79 Å². The molecule has 0 atom stereocenters. The number of carboxylic acid groups (broad SMARTS) is 2. The quantitative estimate of drug-likeness (QED) is 0.501. The van der Waals surface area contributed by atoms with Crippen LogP contribution in [-0.2, 0) is 9.59 Å². The first kappa shape index (κ1) is 18.0. The number of halogens is 2. The Hall–Kier alpha value is 1.16. The second-order valence-electron chi connectivity index (χ2n) is 1.16. The summed E-state index contributed by atoms with van der Waals surface area (Å²) >= 11 is 9.56. The molecule has 0 radical (unpaired) electrons. The molecular formula is C4H7Cl2KO4. The van der Waals surface area contributed by atoms with Gasteiger partial charge in [-0.2, -0.15) is 0 Å². The summed E-state index contributed by atoms with van der Waals surface area (Å²) in [6.45, 7) is 1.08. The van der Waals surface area contributed by atoms with E-state index in [2.05, 4.69) is 0 Å². The molecule has 0 amide bonds. The first-order chi connectivity index (χ1) is 4.37. The molecule has 0 unspecified atom stereocenters. The van der Waals surface area contributed by atoms with Gasteiger partial charge in [0.2, 0.25) is 4.84 Å². The number of carboxylic acids is 2. The molecule has 0 heterocycles. The van der Waals surface area contributed by atoms with Crippen molar-refractivity contribution >= 4 is 86.5 Å². The van der Waals surface area contributed by atoms with Crippen molar-refractivity contribution in [3.8, 4) is 0 Å². The van der Waals surface area contributed by atoms with E-state index in [4.69, 9.17) is 38.2 Å². The van der Waals surface area contributed by atoms with Gasteiger partial charge in [0.25, 0.3) is 5.97 Å². The van der Waals surface area contributed by atoms with E-state index in [-0.39, 0.29) is 51.4 Å². The maximum atomic E-state index is 9.44. The molecular weight excluding hydrogens is 222 g/mol. The van der Waals surface area contributed by atoms with Gasteiger partial charge in [0.05, 0.1) is 0 Å². The van der Waals surface area contributed by atoms with Crippen LogP contribution in [-0.4, -0.2) is 78.4 Å². The van der Waals surface area contributed by atoms with Gasteiger partial charge in [0.1, 0.15) is 0 Å². The van der Waals surface area contributed by atoms with Gasteiger partial charge in [0.15, 0.2) is 0 Å². The first-order valence-electron chi connectivity index (χ1n) is 2.08. The van der Waals surface area contributed by atoms with E-state index < -0.39 is 16.8 Å². The molecule has 0 spiro atoms. The normalized spacial score (nSPS) is 7.27. The number of alkyl halides is 2. The van der Waals surface area contributed by atoms with Gasteiger partial charge in [-0.15, -0.1) is 0 Å². The van der Waals surface area contributed by atoms with Gasteiger partial charge in [-0.25, -0.2) is 4.79 Å². The number of carbonyl (C=O) groups is 2. The predicted molar refractivity (Wildman–Crippen MR) is 43.6 cm³/mol. The van der Waals surface area contributed by atoms with Gasteiger partial charge in [-0.3, -0.25) is 4.79 Å². The molecule has 4 nitrogen and oxygen atoms in total. The summed E-state index contributed by atoms with van der Waals surface area (Å²) in [5.74, 6) is -2.04. The molecule has 0 saturated heterocycles. The first-order valence-corrected chi connectivity index (χ1v) is 2.95. The van der Waals surface area contributed by atoms with E-state index in [1.807, 2.05) is 0 Å². The molecule has 7 heteroatoms. The summed E-state index contributed by atoms with van der Waals surface area (Å²) in [4.78, 5) is 17.1. The molecule has 0 aromatic heterocycles. The van der Waals surface area contributed by atoms with E-state index in [1.165, 1.54) is 0 Å². The topological polar surface area (TPSA) is 74.6 Å². The van der Waals surface area contributed by atoms with E-state index in [0.717, 1.165) is 6.92 Å². The summed E-state index contributed by atoms with van der Waals surface area (Å²) in [5.41, 5.74) is 0. The Morgan fingerprint density at radius 1 is 1.27 bits per heavy atom. The van der Waals surface area contributed by atoms with Gasteiger partial charge < -0.3 is 10.2 Å². The third-order valence-electron chi connectivity index (χ3n) is 0.187. The van der Waals surface area contributed by atoms with Crippen molar-refractivity contribution in [2.24, 2.45) is 0 Å². The molecule has 0 aliphatic heterocycles. The van der Waals surface area contributed by atoms with E-state index >= 15 is 0 Å². The van der Waals surface area contributed by atoms with Crippen molar-refractivity contribution in [3.05, 3.63) is 0 Å². The number of hydrogen-bond donors (Lipinski definition) is 2. The van der Waals surface area contributed by atoms with Crippen LogP contribution in [0, 0.1) is 0 Å². The fourth-order valence-electron chi connectivity index (χ4n) is 0. The second kappa shape index (κ2) is 11.2. The summed E-state index contributed by atoms with van der Waals surface area (Å²) < 4.78 is 0. The van der Waals surface area contributed by atoms with Crippen LogP contribution in [0.25, 0.3) is 0 Å². The Morgan fingerprint density at radius 2 is 1.36 bits per heavy atom. The summed E-state index contributed by atoms with van der Waals surface area (Å²) in [5, 5.41) is 15.1. The Bertz CT molecular complexity index is 123. The zero-order valence-electron chi connectivity index (χ0n) is 5.04. The molecule has 62 valence electrons. The zero-order chi connectivity index (χ0) is 8.73. The van der Waals surface area contributed by atoms with Crippen molar-refractivity contribution in [2.75, 3.05) is 0 Å². The second-order valence-corrected chi connectivity index (χ2v) is 2.25. The van der Waals surface area contributed by atoms with Gasteiger partial charge >= 0.3 is 57.4 Å². The Labute approximate surface area is 116 Å². The Morgan fingerprint density at radius 3 is 1.36 bits per heavy atom. The van der Waals surface area contributed by atoms with Crippen LogP contribution in [0.15, 0.2) is 0 Å². The molecule has 0 aliphatic rings. The number of rotatable bonds is 1. The molecule has 0 aliphatic carbocycles. The Balaban J connectivity index is -0.000000114. The molecule has 0 rings (SSSR count). The zero-order valence-corrected chi connectivity index (χ0v) is 6.56. The molecule has 0 aromatic carbocycles. The number of aliphatic carboxylic acids is 2. The molecule has 2 N–H and O–H groups in total. The fraction of sp³-hybridized carbons (Fsp3) is 0.500. The average molecular weight is 229 g/mol. The van der Waals surface area contributed by atoms with Crippen LogP contribution in [0.2, 0.25) is 0 Å². The van der Waals surface area contributed by atoms with Crippen molar-refractivity contribution < 1.29 is 19.8 Å². The van der Waals surface area contributed by atoms with Crippen LogP contribution < -0.4 is 0 Å². The SMILES string of the molecule is CC(=O)O.O=C(O)C(Cl)Cl.[KH]. The molecule has 0 fully saturated rings. The summed E-state index contributed by atoms with van der Waals surface area (Å²) in [7, 11) is 0. The monoisotopic (exact) mass is 228 g/mol. The maximum absolute atomic E-state index is 9.44. The van der Waals surface area contributed by atoms with Gasteiger partial charge in [-0.05, 0) is 0 Å². The molecule has 0 saturated carbocycles. The van der Waals surface area contributed by atoms with Crippen LogP contribution in [0.1, 0.15) is 6.92 Å². The van der Waals surface area contributed by atoms with Crippen LogP contribution >= 0.6 is 23.2 Å². The minimum absolute atomic E-state index is 0. The minimum atomic E-state index is -1.29. The standard InChI is InChI=1S/C2H2Cl2O2.C2H4O2.K.H/c3-1(4)2(5)6;1-2(3)4;;/h1H,(H,5,6);1H3,(H,3,4);;. The average Bonchev–Trinajstić information content (AvgIpc) is 1.63. The van der Waals surface area contributed by atoms with Crippen molar-refractivity contribution in [3.63, 3.8) is 0 Å². The van der Waals surface area contributed by atoms with Crippen molar-refractivity contribution in [1.29, 1.82) is 0 Å². The molecule has 0 aromatic rings. The summed E-state index contributed by atoms with van der Waals surface area (Å²) in [6.07, 6.45) is 0.